The summed E-state index contributed by atoms with van der Waals surface area (Å²) in [6.07, 6.45) is 6.12. The molecule has 0 fully saturated rings. The van der Waals surface area contributed by atoms with E-state index in [-0.39, 0.29) is 0 Å². The average Bonchev–Trinajstić information content (AvgIpc) is 2.69. The Kier molecular flexibility index (Phi) is 2.58. The smallest absolute Gasteiger partial charge is 0.142 e. The number of halogens is 1. The van der Waals surface area contributed by atoms with E-state index in [2.05, 4.69) is 30.9 Å². The number of nitrogens with zero attached hydrogens (tertiary/aromatic N) is 4. The van der Waals surface area contributed by atoms with Gasteiger partial charge < -0.3 is 0 Å². The van der Waals surface area contributed by atoms with Gasteiger partial charge in [0.05, 0.1) is 0 Å². The first-order valence-corrected chi connectivity index (χ1v) is 5.10. The summed E-state index contributed by atoms with van der Waals surface area (Å²) >= 11 is 3.35. The number of aromatic nitrogens is 4. The van der Waals surface area contributed by atoms with Crippen molar-refractivity contribution in [3.05, 3.63) is 35.2 Å². The largest absolute Gasteiger partial charge is 0.290 e. The van der Waals surface area contributed by atoms with Gasteiger partial charge in [-0.3, -0.25) is 4.57 Å². The quantitative estimate of drug-likeness (QED) is 0.768. The van der Waals surface area contributed by atoms with E-state index in [4.69, 9.17) is 0 Å². The second kappa shape index (κ2) is 3.88. The lowest BCUT2D eigenvalue weighted by molar-refractivity contribution is 0.877. The topological polar surface area (TPSA) is 43.6 Å². The third kappa shape index (κ3) is 1.82. The highest BCUT2D eigenvalue weighted by atomic mass is 79.9. The van der Waals surface area contributed by atoms with Crippen LogP contribution in [-0.2, 0) is 6.42 Å². The van der Waals surface area contributed by atoms with E-state index in [1.807, 2.05) is 23.8 Å². The van der Waals surface area contributed by atoms with Crippen LogP contribution in [0, 0.1) is 0 Å². The van der Waals surface area contributed by atoms with E-state index in [1.54, 1.807) is 12.5 Å². The van der Waals surface area contributed by atoms with Crippen LogP contribution < -0.4 is 0 Å². The van der Waals surface area contributed by atoms with E-state index in [9.17, 15) is 0 Å². The Morgan fingerprint density at radius 1 is 1.43 bits per heavy atom. The van der Waals surface area contributed by atoms with Crippen molar-refractivity contribution in [3.63, 3.8) is 0 Å². The molecule has 0 amide bonds. The Bertz CT molecular complexity index is 424. The third-order valence-electron chi connectivity index (χ3n) is 1.81. The minimum atomic E-state index is 0.799. The molecule has 2 heterocycles. The Hall–Kier alpha value is -1.23. The van der Waals surface area contributed by atoms with Gasteiger partial charge in [0.1, 0.15) is 22.6 Å². The summed E-state index contributed by atoms with van der Waals surface area (Å²) in [4.78, 5) is 12.6. The Labute approximate surface area is 90.2 Å². The van der Waals surface area contributed by atoms with Crippen molar-refractivity contribution in [1.82, 2.24) is 19.5 Å². The fourth-order valence-electron chi connectivity index (χ4n) is 1.14. The lowest BCUT2D eigenvalue weighted by Gasteiger charge is -2.03. The van der Waals surface area contributed by atoms with E-state index < -0.39 is 0 Å². The zero-order valence-electron chi connectivity index (χ0n) is 7.68. The molecule has 0 aliphatic carbocycles. The van der Waals surface area contributed by atoms with Crippen molar-refractivity contribution < 1.29 is 0 Å². The van der Waals surface area contributed by atoms with Gasteiger partial charge in [-0.15, -0.1) is 0 Å². The third-order valence-corrected chi connectivity index (χ3v) is 2.22. The molecule has 4 nitrogen and oxygen atoms in total. The molecule has 2 aromatic rings. The van der Waals surface area contributed by atoms with E-state index in [0.717, 1.165) is 22.7 Å². The van der Waals surface area contributed by atoms with Crippen molar-refractivity contribution >= 4 is 15.9 Å². The summed E-state index contributed by atoms with van der Waals surface area (Å²) in [6, 6.07) is 1.86. The van der Waals surface area contributed by atoms with E-state index >= 15 is 0 Å². The molecule has 0 aliphatic heterocycles. The molecule has 0 saturated heterocycles. The highest BCUT2D eigenvalue weighted by Gasteiger charge is 2.02. The molecule has 0 aromatic carbocycles. The minimum Gasteiger partial charge on any atom is -0.290 e. The SMILES string of the molecule is CCc1nc(Br)cc(-n2ccnc2)n1. The van der Waals surface area contributed by atoms with Gasteiger partial charge in [0.15, 0.2) is 0 Å². The number of hydrogen-bond donors (Lipinski definition) is 0. The molecule has 72 valence electrons. The molecule has 2 rings (SSSR count). The first-order valence-electron chi connectivity index (χ1n) is 4.31. The number of imidazole rings is 1. The van der Waals surface area contributed by atoms with Crippen molar-refractivity contribution in [3.8, 4) is 5.82 Å². The van der Waals surface area contributed by atoms with E-state index in [1.165, 1.54) is 0 Å². The summed E-state index contributed by atoms with van der Waals surface area (Å²) in [5.41, 5.74) is 0. The number of aryl methyl sites for hydroxylation is 1. The lowest BCUT2D eigenvalue weighted by atomic mass is 10.4. The highest BCUT2D eigenvalue weighted by Crippen LogP contribution is 2.11. The summed E-state index contributed by atoms with van der Waals surface area (Å²) in [5.74, 6) is 1.66. The Morgan fingerprint density at radius 2 is 2.29 bits per heavy atom. The van der Waals surface area contributed by atoms with Gasteiger partial charge in [0, 0.05) is 24.9 Å². The van der Waals surface area contributed by atoms with Gasteiger partial charge in [-0.1, -0.05) is 6.92 Å². The fourth-order valence-corrected chi connectivity index (χ4v) is 1.55. The zero-order valence-corrected chi connectivity index (χ0v) is 9.27. The summed E-state index contributed by atoms with van der Waals surface area (Å²) < 4.78 is 2.65. The molecule has 0 saturated carbocycles. The van der Waals surface area contributed by atoms with Crippen LogP contribution in [-0.4, -0.2) is 19.5 Å². The predicted octanol–water partition coefficient (Wildman–Crippen LogP) is 1.99. The molecule has 5 heteroatoms. The standard InChI is InChI=1S/C9H9BrN4/c1-2-8-12-7(10)5-9(13-8)14-4-3-11-6-14/h3-6H,2H2,1H3. The van der Waals surface area contributed by atoms with Crippen molar-refractivity contribution in [2.45, 2.75) is 13.3 Å². The van der Waals surface area contributed by atoms with Crippen LogP contribution in [0.15, 0.2) is 29.4 Å². The van der Waals surface area contributed by atoms with Crippen LogP contribution >= 0.6 is 15.9 Å². The van der Waals surface area contributed by atoms with Crippen molar-refractivity contribution in [2.24, 2.45) is 0 Å². The van der Waals surface area contributed by atoms with Crippen LogP contribution in [0.1, 0.15) is 12.7 Å². The first-order chi connectivity index (χ1) is 6.79. The normalized spacial score (nSPS) is 10.4. The molecule has 0 spiro atoms. The van der Waals surface area contributed by atoms with Gasteiger partial charge >= 0.3 is 0 Å². The second-order valence-corrected chi connectivity index (χ2v) is 3.60. The van der Waals surface area contributed by atoms with Gasteiger partial charge in [0.2, 0.25) is 0 Å². The van der Waals surface area contributed by atoms with Crippen molar-refractivity contribution in [2.75, 3.05) is 0 Å². The predicted molar refractivity (Wildman–Crippen MR) is 56.2 cm³/mol. The molecule has 14 heavy (non-hydrogen) atoms. The first kappa shape index (κ1) is 9.33. The fraction of sp³-hybridized carbons (Fsp3) is 0.222. The molecule has 0 atom stereocenters. The summed E-state index contributed by atoms with van der Waals surface area (Å²) in [7, 11) is 0. The maximum Gasteiger partial charge on any atom is 0.142 e. The van der Waals surface area contributed by atoms with Gasteiger partial charge in [-0.2, -0.15) is 0 Å². The van der Waals surface area contributed by atoms with Crippen LogP contribution in [0.25, 0.3) is 5.82 Å². The van der Waals surface area contributed by atoms with Crippen LogP contribution in [0.4, 0.5) is 0 Å². The second-order valence-electron chi connectivity index (χ2n) is 2.79. The van der Waals surface area contributed by atoms with Gasteiger partial charge in [-0.05, 0) is 15.9 Å². The molecule has 0 unspecified atom stereocenters. The number of rotatable bonds is 2. The Morgan fingerprint density at radius 3 is 2.93 bits per heavy atom. The Balaban J connectivity index is 2.48. The maximum absolute atomic E-state index is 4.38. The molecule has 0 bridgehead atoms. The van der Waals surface area contributed by atoms with Gasteiger partial charge in [0.25, 0.3) is 0 Å². The van der Waals surface area contributed by atoms with E-state index in [0.29, 0.717) is 0 Å². The molecule has 2 aromatic heterocycles. The summed E-state index contributed by atoms with van der Waals surface area (Å²) in [6.45, 7) is 2.03. The molecule has 0 aliphatic rings. The molecular weight excluding hydrogens is 244 g/mol. The van der Waals surface area contributed by atoms with Gasteiger partial charge in [-0.25, -0.2) is 15.0 Å². The zero-order chi connectivity index (χ0) is 9.97. The highest BCUT2D eigenvalue weighted by molar-refractivity contribution is 9.10. The van der Waals surface area contributed by atoms with Crippen molar-refractivity contribution in [1.29, 1.82) is 0 Å². The molecule has 0 radical (unpaired) electrons. The number of hydrogen-bond acceptors (Lipinski definition) is 3. The van der Waals surface area contributed by atoms with Crippen LogP contribution in [0.2, 0.25) is 0 Å². The monoisotopic (exact) mass is 252 g/mol. The van der Waals surface area contributed by atoms with Crippen LogP contribution in [0.5, 0.6) is 0 Å². The average molecular weight is 253 g/mol. The molecular formula is C9H9BrN4. The summed E-state index contributed by atoms with van der Waals surface area (Å²) in [5, 5.41) is 0. The minimum absolute atomic E-state index is 0.799. The molecule has 0 N–H and O–H groups in total. The lowest BCUT2D eigenvalue weighted by Crippen LogP contribution is -2.00. The maximum atomic E-state index is 4.38. The van der Waals surface area contributed by atoms with Crippen LogP contribution in [0.3, 0.4) is 0 Å².